The molecule has 0 aromatic carbocycles. The van der Waals surface area contributed by atoms with Crippen molar-refractivity contribution in [2.24, 2.45) is 5.92 Å². The van der Waals surface area contributed by atoms with E-state index in [1.807, 2.05) is 35.4 Å². The topological polar surface area (TPSA) is 128 Å². The average molecular weight is 448 g/mol. The van der Waals surface area contributed by atoms with Gasteiger partial charge in [0.2, 0.25) is 0 Å². The van der Waals surface area contributed by atoms with E-state index < -0.39 is 0 Å². The number of aromatic nitrogens is 7. The van der Waals surface area contributed by atoms with Gasteiger partial charge in [-0.3, -0.25) is 14.3 Å². The molecule has 1 N–H and O–H groups in total. The first-order valence-electron chi connectivity index (χ1n) is 11.1. The Bertz CT molecular complexity index is 1580. The van der Waals surface area contributed by atoms with Gasteiger partial charge in [0, 0.05) is 66.3 Å². The Morgan fingerprint density at radius 3 is 3.00 bits per heavy atom. The van der Waals surface area contributed by atoms with Crippen LogP contribution in [0.2, 0.25) is 0 Å². The van der Waals surface area contributed by atoms with Crippen molar-refractivity contribution in [3.05, 3.63) is 61.2 Å². The van der Waals surface area contributed by atoms with Gasteiger partial charge >= 0.3 is 0 Å². The van der Waals surface area contributed by atoms with E-state index in [0.717, 1.165) is 52.7 Å². The molecule has 0 radical (unpaired) electrons. The maximum absolute atomic E-state index is 9.58. The minimum absolute atomic E-state index is 0.0637. The first-order chi connectivity index (χ1) is 16.8. The highest BCUT2D eigenvalue weighted by atomic mass is 15.6. The van der Waals surface area contributed by atoms with Gasteiger partial charge in [0.25, 0.3) is 0 Å². The molecule has 5 aromatic rings. The molecule has 1 saturated heterocycles. The summed E-state index contributed by atoms with van der Waals surface area (Å²) in [6, 6.07) is 8.47. The summed E-state index contributed by atoms with van der Waals surface area (Å²) in [6.45, 7) is 1.58. The fraction of sp³-hybridized carbons (Fsp3) is 0.250. The van der Waals surface area contributed by atoms with E-state index in [0.29, 0.717) is 12.0 Å². The minimum Gasteiger partial charge on any atom is -0.346 e. The molecule has 0 bridgehead atoms. The van der Waals surface area contributed by atoms with Crippen molar-refractivity contribution in [3.63, 3.8) is 0 Å². The third-order valence-corrected chi connectivity index (χ3v) is 6.61. The van der Waals surface area contributed by atoms with Gasteiger partial charge in [-0.25, -0.2) is 9.97 Å². The number of nitrogens with zero attached hydrogens (tertiary/aromatic N) is 9. The lowest BCUT2D eigenvalue weighted by Gasteiger charge is -2.25. The molecule has 0 aliphatic carbocycles. The standard InChI is InChI=1S/C24H20N10/c25-5-1-21(33-14-19(12-31-33)22-20-2-6-28-24(20)30-15-29-22)17-3-7-32(13-17)34-8-4-16-10-27-11-18(9-26)23(16)34/h2,4,6,8,10-12,14-15,17,21H,1,3,7,13H2,(H,28,29,30). The second-order valence-corrected chi connectivity index (χ2v) is 8.46. The van der Waals surface area contributed by atoms with Gasteiger partial charge in [-0.05, 0) is 18.6 Å². The van der Waals surface area contributed by atoms with Crippen LogP contribution in [0, 0.1) is 28.6 Å². The molecule has 6 heterocycles. The third kappa shape index (κ3) is 3.16. The van der Waals surface area contributed by atoms with E-state index >= 15 is 0 Å². The molecule has 34 heavy (non-hydrogen) atoms. The molecule has 2 unspecified atom stereocenters. The summed E-state index contributed by atoms with van der Waals surface area (Å²) >= 11 is 0. The van der Waals surface area contributed by atoms with Gasteiger partial charge in [-0.1, -0.05) is 0 Å². The molecule has 10 heteroatoms. The Morgan fingerprint density at radius 1 is 1.18 bits per heavy atom. The lowest BCUT2D eigenvalue weighted by molar-refractivity contribution is 0.329. The Balaban J connectivity index is 1.29. The smallest absolute Gasteiger partial charge is 0.141 e. The Hall–Kier alpha value is -4.70. The summed E-state index contributed by atoms with van der Waals surface area (Å²) < 4.78 is 3.96. The Morgan fingerprint density at radius 2 is 2.12 bits per heavy atom. The number of fused-ring (bicyclic) bond motifs is 2. The van der Waals surface area contributed by atoms with E-state index in [2.05, 4.69) is 46.9 Å². The first kappa shape index (κ1) is 19.9. The van der Waals surface area contributed by atoms with E-state index in [1.54, 1.807) is 24.9 Å². The first-order valence-corrected chi connectivity index (χ1v) is 11.1. The zero-order valence-electron chi connectivity index (χ0n) is 18.2. The molecular formula is C24H20N10. The maximum Gasteiger partial charge on any atom is 0.141 e. The summed E-state index contributed by atoms with van der Waals surface area (Å²) in [7, 11) is 0. The lowest BCUT2D eigenvalue weighted by atomic mass is 9.97. The van der Waals surface area contributed by atoms with Gasteiger partial charge in [-0.15, -0.1) is 0 Å². The minimum atomic E-state index is -0.0637. The van der Waals surface area contributed by atoms with Gasteiger partial charge in [-0.2, -0.15) is 15.6 Å². The van der Waals surface area contributed by atoms with Crippen LogP contribution in [0.25, 0.3) is 33.2 Å². The van der Waals surface area contributed by atoms with Crippen LogP contribution >= 0.6 is 0 Å². The molecule has 1 aliphatic rings. The van der Waals surface area contributed by atoms with Crippen molar-refractivity contribution in [1.29, 1.82) is 10.5 Å². The quantitative estimate of drug-likeness (QED) is 0.437. The van der Waals surface area contributed by atoms with Gasteiger partial charge in [0.15, 0.2) is 0 Å². The molecule has 2 atom stereocenters. The molecule has 1 aliphatic heterocycles. The van der Waals surface area contributed by atoms with Crippen molar-refractivity contribution in [2.75, 3.05) is 18.1 Å². The number of rotatable bonds is 5. The summed E-state index contributed by atoms with van der Waals surface area (Å²) in [6.07, 6.45) is 13.8. The second kappa shape index (κ2) is 8.01. The number of pyridine rings is 1. The molecule has 0 spiro atoms. The molecule has 5 aromatic heterocycles. The highest BCUT2D eigenvalue weighted by Crippen LogP contribution is 2.33. The van der Waals surface area contributed by atoms with Crippen LogP contribution in [0.5, 0.6) is 0 Å². The van der Waals surface area contributed by atoms with Crippen LogP contribution in [-0.2, 0) is 0 Å². The summed E-state index contributed by atoms with van der Waals surface area (Å²) in [5, 5.41) is 27.9. The molecule has 1 fully saturated rings. The van der Waals surface area contributed by atoms with Crippen LogP contribution in [0.3, 0.4) is 0 Å². The number of hydrogen-bond donors (Lipinski definition) is 1. The van der Waals surface area contributed by atoms with Crippen LogP contribution in [0.1, 0.15) is 24.4 Å². The van der Waals surface area contributed by atoms with Gasteiger partial charge in [0.1, 0.15) is 18.0 Å². The van der Waals surface area contributed by atoms with Crippen molar-refractivity contribution >= 4 is 21.9 Å². The third-order valence-electron chi connectivity index (χ3n) is 6.61. The number of nitrogens with one attached hydrogen (secondary N) is 1. The molecule has 6 rings (SSSR count). The van der Waals surface area contributed by atoms with E-state index in [1.165, 1.54) is 0 Å². The average Bonchev–Trinajstić information content (AvgIpc) is 3.67. The van der Waals surface area contributed by atoms with Crippen molar-refractivity contribution in [3.8, 4) is 23.4 Å². The van der Waals surface area contributed by atoms with Crippen molar-refractivity contribution < 1.29 is 0 Å². The molecule has 166 valence electrons. The fourth-order valence-corrected chi connectivity index (χ4v) is 4.98. The van der Waals surface area contributed by atoms with Crippen LogP contribution in [0.15, 0.2) is 55.6 Å². The Kier molecular flexibility index (Phi) is 4.70. The number of H-pyrrole nitrogens is 1. The van der Waals surface area contributed by atoms with Gasteiger partial charge < -0.3 is 9.99 Å². The molecule has 0 saturated carbocycles. The predicted molar refractivity (Wildman–Crippen MR) is 125 cm³/mol. The fourth-order valence-electron chi connectivity index (χ4n) is 4.98. The highest BCUT2D eigenvalue weighted by molar-refractivity contribution is 5.90. The monoisotopic (exact) mass is 448 g/mol. The number of nitriles is 2. The Labute approximate surface area is 194 Å². The molecule has 10 nitrogen and oxygen atoms in total. The van der Waals surface area contributed by atoms with Crippen LogP contribution < -0.4 is 5.01 Å². The summed E-state index contributed by atoms with van der Waals surface area (Å²) in [5.41, 5.74) is 3.92. The normalized spacial score (nSPS) is 16.6. The van der Waals surface area contributed by atoms with Crippen LogP contribution in [0.4, 0.5) is 0 Å². The molecular weight excluding hydrogens is 428 g/mol. The predicted octanol–water partition coefficient (Wildman–Crippen LogP) is 3.16. The number of hydrogen-bond acceptors (Lipinski definition) is 7. The van der Waals surface area contributed by atoms with Crippen molar-refractivity contribution in [2.45, 2.75) is 18.9 Å². The summed E-state index contributed by atoms with van der Waals surface area (Å²) in [4.78, 5) is 16.0. The van der Waals surface area contributed by atoms with E-state index in [-0.39, 0.29) is 12.0 Å². The second-order valence-electron chi connectivity index (χ2n) is 8.46. The maximum atomic E-state index is 9.58. The number of aromatic amines is 1. The molecule has 0 amide bonds. The highest BCUT2D eigenvalue weighted by Gasteiger charge is 2.32. The van der Waals surface area contributed by atoms with E-state index in [9.17, 15) is 10.5 Å². The zero-order valence-corrected chi connectivity index (χ0v) is 18.2. The van der Waals surface area contributed by atoms with E-state index in [4.69, 9.17) is 0 Å². The van der Waals surface area contributed by atoms with Gasteiger partial charge in [0.05, 0.1) is 41.5 Å². The summed E-state index contributed by atoms with van der Waals surface area (Å²) in [5.74, 6) is 0.231. The zero-order chi connectivity index (χ0) is 23.1. The largest absolute Gasteiger partial charge is 0.346 e. The van der Waals surface area contributed by atoms with Crippen molar-refractivity contribution in [1.82, 2.24) is 34.4 Å². The SMILES string of the molecule is N#CCC(C1CCN(n2ccc3cncc(C#N)c32)C1)n1cc(-c2ncnc3[nH]ccc23)cn1. The lowest BCUT2D eigenvalue weighted by Crippen LogP contribution is -2.33. The van der Waals surface area contributed by atoms with Crippen LogP contribution in [-0.4, -0.2) is 47.5 Å².